The lowest BCUT2D eigenvalue weighted by Crippen LogP contribution is -2.15. The Labute approximate surface area is 141 Å². The van der Waals surface area contributed by atoms with E-state index in [1.165, 1.54) is 12.8 Å². The third kappa shape index (κ3) is 4.01. The van der Waals surface area contributed by atoms with Crippen molar-refractivity contribution in [3.05, 3.63) is 42.0 Å². The molecular weight excluding hydrogens is 306 g/mol. The summed E-state index contributed by atoms with van der Waals surface area (Å²) in [5.41, 5.74) is 1.03. The van der Waals surface area contributed by atoms with Gasteiger partial charge in [-0.25, -0.2) is 9.97 Å². The molecule has 1 amide bonds. The number of ether oxygens (including phenoxy) is 2. The highest BCUT2D eigenvalue weighted by atomic mass is 16.5. The van der Waals surface area contributed by atoms with E-state index in [1.807, 2.05) is 6.92 Å². The fraction of sp³-hybridized carbons (Fsp3) is 0.389. The summed E-state index contributed by atoms with van der Waals surface area (Å²) in [7, 11) is 1.59. The topological polar surface area (TPSA) is 73.3 Å². The van der Waals surface area contributed by atoms with Crippen LogP contribution in [0, 0.1) is 5.92 Å². The first-order chi connectivity index (χ1) is 11.7. The molecule has 2 aromatic rings. The van der Waals surface area contributed by atoms with Crippen molar-refractivity contribution in [3.8, 4) is 11.5 Å². The van der Waals surface area contributed by atoms with Gasteiger partial charge in [-0.2, -0.15) is 0 Å². The normalized spacial score (nSPS) is 13.4. The summed E-state index contributed by atoms with van der Waals surface area (Å²) in [6.07, 6.45) is 6.35. The molecule has 126 valence electrons. The Balaban J connectivity index is 1.76. The summed E-state index contributed by atoms with van der Waals surface area (Å²) in [5, 5.41) is 2.81. The van der Waals surface area contributed by atoms with Gasteiger partial charge in [0.2, 0.25) is 0 Å². The second-order valence-corrected chi connectivity index (χ2v) is 5.81. The lowest BCUT2D eigenvalue weighted by atomic mass is 10.1. The Morgan fingerprint density at radius 3 is 2.67 bits per heavy atom. The van der Waals surface area contributed by atoms with Crippen LogP contribution < -0.4 is 14.8 Å². The van der Waals surface area contributed by atoms with Gasteiger partial charge < -0.3 is 14.8 Å². The number of aromatic nitrogens is 2. The fourth-order valence-corrected chi connectivity index (χ4v) is 2.23. The molecule has 0 atom stereocenters. The number of methoxy groups -OCH3 is 1. The molecule has 1 aromatic heterocycles. The van der Waals surface area contributed by atoms with Crippen LogP contribution in [-0.4, -0.2) is 29.6 Å². The minimum absolute atomic E-state index is 0.253. The molecule has 0 unspecified atom stereocenters. The van der Waals surface area contributed by atoms with Crippen molar-refractivity contribution in [1.29, 1.82) is 0 Å². The van der Waals surface area contributed by atoms with E-state index in [2.05, 4.69) is 15.3 Å². The van der Waals surface area contributed by atoms with Gasteiger partial charge in [0.15, 0.2) is 0 Å². The molecule has 1 heterocycles. The Hall–Kier alpha value is -2.63. The molecule has 0 radical (unpaired) electrons. The molecule has 0 spiro atoms. The van der Waals surface area contributed by atoms with Crippen molar-refractivity contribution in [2.24, 2.45) is 5.92 Å². The van der Waals surface area contributed by atoms with Crippen LogP contribution >= 0.6 is 0 Å². The maximum absolute atomic E-state index is 12.6. The van der Waals surface area contributed by atoms with Crippen molar-refractivity contribution < 1.29 is 14.3 Å². The number of nitrogens with zero attached hydrogens (tertiary/aromatic N) is 2. The second kappa shape index (κ2) is 7.29. The largest absolute Gasteiger partial charge is 0.497 e. The van der Waals surface area contributed by atoms with Gasteiger partial charge in [0, 0.05) is 12.5 Å². The van der Waals surface area contributed by atoms with E-state index in [9.17, 15) is 4.79 Å². The molecule has 1 aliphatic rings. The molecule has 1 fully saturated rings. The van der Waals surface area contributed by atoms with Gasteiger partial charge in [-0.05, 0) is 30.9 Å². The van der Waals surface area contributed by atoms with Crippen LogP contribution in [0.15, 0.2) is 30.6 Å². The lowest BCUT2D eigenvalue weighted by molar-refractivity contribution is 0.102. The first kappa shape index (κ1) is 16.2. The average molecular weight is 327 g/mol. The predicted octanol–water partition coefficient (Wildman–Crippen LogP) is 3.09. The van der Waals surface area contributed by atoms with Gasteiger partial charge in [-0.1, -0.05) is 6.92 Å². The minimum Gasteiger partial charge on any atom is -0.497 e. The molecule has 24 heavy (non-hydrogen) atoms. The van der Waals surface area contributed by atoms with Gasteiger partial charge in [-0.15, -0.1) is 0 Å². The quantitative estimate of drug-likeness (QED) is 0.846. The Morgan fingerprint density at radius 2 is 2.04 bits per heavy atom. The van der Waals surface area contributed by atoms with Crippen molar-refractivity contribution in [2.75, 3.05) is 19.0 Å². The Kier molecular flexibility index (Phi) is 4.93. The number of benzene rings is 1. The maximum Gasteiger partial charge on any atom is 0.259 e. The fourth-order valence-electron chi connectivity index (χ4n) is 2.23. The van der Waals surface area contributed by atoms with Crippen molar-refractivity contribution in [1.82, 2.24) is 9.97 Å². The lowest BCUT2D eigenvalue weighted by Gasteiger charge is -2.13. The van der Waals surface area contributed by atoms with Gasteiger partial charge >= 0.3 is 0 Å². The summed E-state index contributed by atoms with van der Waals surface area (Å²) in [6, 6.07) is 5.20. The first-order valence-corrected chi connectivity index (χ1v) is 8.12. The summed E-state index contributed by atoms with van der Waals surface area (Å²) >= 11 is 0. The van der Waals surface area contributed by atoms with E-state index in [4.69, 9.17) is 9.47 Å². The highest BCUT2D eigenvalue weighted by Gasteiger charge is 2.23. The van der Waals surface area contributed by atoms with Gasteiger partial charge in [-0.3, -0.25) is 4.79 Å². The molecule has 1 N–H and O–H groups in total. The van der Waals surface area contributed by atoms with Gasteiger partial charge in [0.1, 0.15) is 17.3 Å². The third-order valence-corrected chi connectivity index (χ3v) is 3.88. The highest BCUT2D eigenvalue weighted by Crippen LogP contribution is 2.32. The highest BCUT2D eigenvalue weighted by molar-refractivity contribution is 6.06. The van der Waals surface area contributed by atoms with E-state index >= 15 is 0 Å². The van der Waals surface area contributed by atoms with E-state index in [1.54, 1.807) is 37.7 Å². The standard InChI is InChI=1S/C18H21N3O3/c1-3-17-19-9-13(10-20-17)21-18(22)15-7-6-14(23-2)8-16(15)24-11-12-4-5-12/h6-10,12H,3-5,11H2,1-2H3,(H,21,22). The van der Waals surface area contributed by atoms with Crippen LogP contribution in [0.5, 0.6) is 11.5 Å². The number of rotatable bonds is 7. The molecule has 6 heteroatoms. The number of carbonyl (C=O) groups excluding carboxylic acids is 1. The summed E-state index contributed by atoms with van der Waals surface area (Å²) in [5.74, 6) is 2.28. The second-order valence-electron chi connectivity index (χ2n) is 5.81. The maximum atomic E-state index is 12.6. The predicted molar refractivity (Wildman–Crippen MR) is 90.6 cm³/mol. The number of hydrogen-bond acceptors (Lipinski definition) is 5. The zero-order valence-electron chi connectivity index (χ0n) is 13.9. The number of hydrogen-bond donors (Lipinski definition) is 1. The van der Waals surface area contributed by atoms with Crippen LogP contribution in [0.4, 0.5) is 5.69 Å². The third-order valence-electron chi connectivity index (χ3n) is 3.88. The molecule has 1 saturated carbocycles. The Bertz CT molecular complexity index is 712. The van der Waals surface area contributed by atoms with Gasteiger partial charge in [0.05, 0.1) is 37.4 Å². The molecular formula is C18H21N3O3. The van der Waals surface area contributed by atoms with E-state index < -0.39 is 0 Å². The molecule has 0 bridgehead atoms. The van der Waals surface area contributed by atoms with Crippen LogP contribution in [0.2, 0.25) is 0 Å². The van der Waals surface area contributed by atoms with E-state index in [-0.39, 0.29) is 5.91 Å². The van der Waals surface area contributed by atoms with E-state index in [0.717, 1.165) is 12.2 Å². The van der Waals surface area contributed by atoms with Crippen molar-refractivity contribution >= 4 is 11.6 Å². The minimum atomic E-state index is -0.253. The molecule has 0 saturated heterocycles. The molecule has 1 aliphatic carbocycles. The summed E-state index contributed by atoms with van der Waals surface area (Å²) in [4.78, 5) is 20.9. The van der Waals surface area contributed by atoms with Gasteiger partial charge in [0.25, 0.3) is 5.91 Å². The summed E-state index contributed by atoms with van der Waals surface area (Å²) in [6.45, 7) is 2.61. The smallest absolute Gasteiger partial charge is 0.259 e. The zero-order valence-corrected chi connectivity index (χ0v) is 13.9. The molecule has 6 nitrogen and oxygen atoms in total. The van der Waals surface area contributed by atoms with Crippen LogP contribution in [-0.2, 0) is 6.42 Å². The number of carbonyl (C=O) groups is 1. The van der Waals surface area contributed by atoms with Crippen molar-refractivity contribution in [3.63, 3.8) is 0 Å². The van der Waals surface area contributed by atoms with E-state index in [0.29, 0.717) is 35.3 Å². The first-order valence-electron chi connectivity index (χ1n) is 8.12. The van der Waals surface area contributed by atoms with Crippen LogP contribution in [0.3, 0.4) is 0 Å². The molecule has 0 aliphatic heterocycles. The monoisotopic (exact) mass is 327 g/mol. The Morgan fingerprint density at radius 1 is 1.29 bits per heavy atom. The number of aryl methyl sites for hydroxylation is 1. The summed E-state index contributed by atoms with van der Waals surface area (Å²) < 4.78 is 11.1. The zero-order chi connectivity index (χ0) is 16.9. The number of anilines is 1. The molecule has 1 aromatic carbocycles. The number of amides is 1. The SMILES string of the molecule is CCc1ncc(NC(=O)c2ccc(OC)cc2OCC2CC2)cn1. The van der Waals surface area contributed by atoms with Crippen LogP contribution in [0.25, 0.3) is 0 Å². The van der Waals surface area contributed by atoms with Crippen molar-refractivity contribution in [2.45, 2.75) is 26.2 Å². The van der Waals surface area contributed by atoms with Crippen LogP contribution in [0.1, 0.15) is 35.9 Å². The number of nitrogens with one attached hydrogen (secondary N) is 1. The average Bonchev–Trinajstić information content (AvgIpc) is 3.44. The molecule has 3 rings (SSSR count).